The van der Waals surface area contributed by atoms with Crippen molar-refractivity contribution in [3.63, 3.8) is 0 Å². The van der Waals surface area contributed by atoms with E-state index in [0.29, 0.717) is 6.61 Å². The van der Waals surface area contributed by atoms with Crippen LogP contribution in [0.4, 0.5) is 0 Å². The molecule has 1 aromatic carbocycles. The topological polar surface area (TPSA) is 9.23 Å². The third-order valence-corrected chi connectivity index (χ3v) is 1.10. The van der Waals surface area contributed by atoms with Crippen LogP contribution in [0.5, 0.6) is 0 Å². The Hall–Kier alpha value is -0.820. The van der Waals surface area contributed by atoms with Crippen molar-refractivity contribution < 1.29 is 4.74 Å². The molecule has 9 heavy (non-hydrogen) atoms. The van der Waals surface area contributed by atoms with Gasteiger partial charge < -0.3 is 4.74 Å². The van der Waals surface area contributed by atoms with Gasteiger partial charge >= 0.3 is 0 Å². The molecule has 0 aliphatic heterocycles. The summed E-state index contributed by atoms with van der Waals surface area (Å²) < 4.78 is 4.91. The number of rotatable bonds is 2. The molecule has 47 valence electrons. The zero-order chi connectivity index (χ0) is 6.53. The largest absolute Gasteiger partial charge is 0.380 e. The first-order valence-electron chi connectivity index (χ1n) is 2.87. The van der Waals surface area contributed by atoms with Crippen LogP contribution < -0.4 is 0 Å². The summed E-state index contributed by atoms with van der Waals surface area (Å²) in [6.07, 6.45) is 0. The first kappa shape index (κ1) is 6.30. The maximum absolute atomic E-state index is 4.91. The Morgan fingerprint density at radius 3 is 2.67 bits per heavy atom. The zero-order valence-corrected chi connectivity index (χ0v) is 5.42. The fourth-order valence-electron chi connectivity index (χ4n) is 0.684. The van der Waals surface area contributed by atoms with Crippen LogP contribution >= 0.6 is 0 Å². The molecule has 0 atom stereocenters. The highest BCUT2D eigenvalue weighted by Gasteiger charge is 1.84. The number of benzene rings is 1. The van der Waals surface area contributed by atoms with Crippen LogP contribution in [-0.4, -0.2) is 7.11 Å². The van der Waals surface area contributed by atoms with Crippen molar-refractivity contribution in [2.24, 2.45) is 0 Å². The lowest BCUT2D eigenvalue weighted by Gasteiger charge is -1.95. The van der Waals surface area contributed by atoms with Gasteiger partial charge in [0.25, 0.3) is 0 Å². The van der Waals surface area contributed by atoms with E-state index >= 15 is 0 Å². The second-order valence-corrected chi connectivity index (χ2v) is 1.84. The molecule has 0 fully saturated rings. The van der Waals surface area contributed by atoms with Crippen molar-refractivity contribution in [1.82, 2.24) is 0 Å². The molecule has 0 aliphatic carbocycles. The molecule has 1 heteroatoms. The first-order valence-corrected chi connectivity index (χ1v) is 2.87. The molecule has 0 amide bonds. The van der Waals surface area contributed by atoms with Crippen LogP contribution in [0.2, 0.25) is 0 Å². The molecule has 1 radical (unpaired) electrons. The molecule has 0 saturated carbocycles. The van der Waals surface area contributed by atoms with Gasteiger partial charge in [-0.3, -0.25) is 0 Å². The Morgan fingerprint density at radius 1 is 1.44 bits per heavy atom. The van der Waals surface area contributed by atoms with E-state index in [0.717, 1.165) is 0 Å². The molecule has 0 aromatic heterocycles. The third kappa shape index (κ3) is 1.86. The summed E-state index contributed by atoms with van der Waals surface area (Å²) in [5, 5.41) is 0. The number of hydrogen-bond acceptors (Lipinski definition) is 1. The van der Waals surface area contributed by atoms with Gasteiger partial charge in [0.15, 0.2) is 0 Å². The summed E-state index contributed by atoms with van der Waals surface area (Å²) >= 11 is 0. The third-order valence-electron chi connectivity index (χ3n) is 1.10. The van der Waals surface area contributed by atoms with Gasteiger partial charge in [0.1, 0.15) is 0 Å². The van der Waals surface area contributed by atoms with Gasteiger partial charge in [-0.1, -0.05) is 24.3 Å². The lowest BCUT2D eigenvalue weighted by molar-refractivity contribution is 0.185. The van der Waals surface area contributed by atoms with E-state index < -0.39 is 0 Å². The fraction of sp³-hybridized carbons (Fsp3) is 0.250. The Kier molecular flexibility index (Phi) is 2.28. The summed E-state index contributed by atoms with van der Waals surface area (Å²) in [6, 6.07) is 10.7. The highest BCUT2D eigenvalue weighted by atomic mass is 16.5. The van der Waals surface area contributed by atoms with Crippen molar-refractivity contribution in [3.05, 3.63) is 35.9 Å². The van der Waals surface area contributed by atoms with E-state index in [1.807, 2.05) is 24.3 Å². The molecule has 0 heterocycles. The van der Waals surface area contributed by atoms with E-state index in [2.05, 4.69) is 6.07 Å². The Morgan fingerprint density at radius 2 is 2.11 bits per heavy atom. The highest BCUT2D eigenvalue weighted by Crippen LogP contribution is 1.97. The van der Waals surface area contributed by atoms with Gasteiger partial charge in [-0.2, -0.15) is 0 Å². The smallest absolute Gasteiger partial charge is 0.0713 e. The lowest BCUT2D eigenvalue weighted by Crippen LogP contribution is -1.84. The van der Waals surface area contributed by atoms with Gasteiger partial charge in [-0.25, -0.2) is 0 Å². The van der Waals surface area contributed by atoms with Gasteiger partial charge in [0.05, 0.1) is 6.61 Å². The molecule has 0 bridgehead atoms. The summed E-state index contributed by atoms with van der Waals surface area (Å²) in [6.45, 7) is 0.689. The Bertz CT molecular complexity index is 157. The standard InChI is InChI=1S/C8H9O/c1-9-7-8-5-3-2-4-6-8/h3-6H,7H2,1H3. The number of methoxy groups -OCH3 is 1. The van der Waals surface area contributed by atoms with E-state index in [-0.39, 0.29) is 0 Å². The molecule has 0 aliphatic rings. The quantitative estimate of drug-likeness (QED) is 0.578. The Labute approximate surface area is 55.3 Å². The molecule has 1 aromatic rings. The van der Waals surface area contributed by atoms with Gasteiger partial charge in [-0.15, -0.1) is 0 Å². The number of ether oxygens (including phenoxy) is 1. The molecular formula is C8H9O. The molecule has 0 saturated heterocycles. The molecule has 0 N–H and O–H groups in total. The van der Waals surface area contributed by atoms with E-state index in [1.54, 1.807) is 7.11 Å². The van der Waals surface area contributed by atoms with Crippen LogP contribution in [0, 0.1) is 6.07 Å². The molecule has 0 spiro atoms. The molecule has 1 rings (SSSR count). The molecule has 0 unspecified atom stereocenters. The first-order chi connectivity index (χ1) is 4.43. The average Bonchev–Trinajstić information content (AvgIpc) is 1.91. The minimum Gasteiger partial charge on any atom is -0.380 e. The van der Waals surface area contributed by atoms with E-state index in [9.17, 15) is 0 Å². The minimum atomic E-state index is 0.689. The van der Waals surface area contributed by atoms with Crippen LogP contribution in [0.3, 0.4) is 0 Å². The molecule has 1 nitrogen and oxygen atoms in total. The predicted molar refractivity (Wildman–Crippen MR) is 36.0 cm³/mol. The van der Waals surface area contributed by atoms with Crippen LogP contribution in [-0.2, 0) is 11.3 Å². The zero-order valence-electron chi connectivity index (χ0n) is 5.42. The highest BCUT2D eigenvalue weighted by molar-refractivity contribution is 5.12. The second kappa shape index (κ2) is 3.25. The number of hydrogen-bond donors (Lipinski definition) is 0. The van der Waals surface area contributed by atoms with Gasteiger partial charge in [0.2, 0.25) is 0 Å². The lowest BCUT2D eigenvalue weighted by atomic mass is 10.2. The SMILES string of the molecule is COCc1cc[c]cc1. The fourth-order valence-corrected chi connectivity index (χ4v) is 0.684. The predicted octanol–water partition coefficient (Wildman–Crippen LogP) is 1.63. The maximum atomic E-state index is 4.91. The van der Waals surface area contributed by atoms with Crippen LogP contribution in [0.1, 0.15) is 5.56 Å². The van der Waals surface area contributed by atoms with Crippen molar-refractivity contribution in [1.29, 1.82) is 0 Å². The summed E-state index contributed by atoms with van der Waals surface area (Å²) in [5.41, 5.74) is 1.19. The van der Waals surface area contributed by atoms with Crippen LogP contribution in [0.25, 0.3) is 0 Å². The van der Waals surface area contributed by atoms with Crippen molar-refractivity contribution in [3.8, 4) is 0 Å². The normalized spacial score (nSPS) is 9.44. The van der Waals surface area contributed by atoms with Crippen molar-refractivity contribution in [2.45, 2.75) is 6.61 Å². The van der Waals surface area contributed by atoms with E-state index in [4.69, 9.17) is 4.74 Å². The maximum Gasteiger partial charge on any atom is 0.0713 e. The Balaban J connectivity index is 2.61. The summed E-state index contributed by atoms with van der Waals surface area (Å²) in [4.78, 5) is 0. The minimum absolute atomic E-state index is 0.689. The summed E-state index contributed by atoms with van der Waals surface area (Å²) in [7, 11) is 1.69. The average molecular weight is 121 g/mol. The van der Waals surface area contributed by atoms with Crippen molar-refractivity contribution in [2.75, 3.05) is 7.11 Å². The summed E-state index contributed by atoms with van der Waals surface area (Å²) in [5.74, 6) is 0. The second-order valence-electron chi connectivity index (χ2n) is 1.84. The van der Waals surface area contributed by atoms with Gasteiger partial charge in [-0.05, 0) is 11.6 Å². The monoisotopic (exact) mass is 121 g/mol. The van der Waals surface area contributed by atoms with Crippen LogP contribution in [0.15, 0.2) is 24.3 Å². The van der Waals surface area contributed by atoms with Crippen molar-refractivity contribution >= 4 is 0 Å². The van der Waals surface area contributed by atoms with E-state index in [1.165, 1.54) is 5.56 Å². The molecular weight excluding hydrogens is 112 g/mol. The van der Waals surface area contributed by atoms with Gasteiger partial charge in [0, 0.05) is 7.11 Å².